The Morgan fingerprint density at radius 3 is 3.05 bits per heavy atom. The van der Waals surface area contributed by atoms with Crippen molar-refractivity contribution in [2.24, 2.45) is 5.73 Å². The van der Waals surface area contributed by atoms with E-state index in [-0.39, 0.29) is 0 Å². The fraction of sp³-hybridized carbons (Fsp3) is 0.286. The third-order valence-corrected chi connectivity index (χ3v) is 3.95. The van der Waals surface area contributed by atoms with Crippen LogP contribution >= 0.6 is 11.6 Å². The van der Waals surface area contributed by atoms with Crippen LogP contribution in [0.4, 0.5) is 5.82 Å². The zero-order chi connectivity index (χ0) is 15.7. The van der Waals surface area contributed by atoms with Gasteiger partial charge in [0.15, 0.2) is 0 Å². The van der Waals surface area contributed by atoms with E-state index in [0.29, 0.717) is 41.6 Å². The summed E-state index contributed by atoms with van der Waals surface area (Å²) in [5, 5.41) is 13.3. The highest BCUT2D eigenvalue weighted by molar-refractivity contribution is 6.32. The third-order valence-electron chi connectivity index (χ3n) is 3.64. The number of carbonyl (C=O) groups excluding carboxylic acids is 1. The van der Waals surface area contributed by atoms with Gasteiger partial charge in [-0.1, -0.05) is 11.6 Å². The second kappa shape index (κ2) is 5.75. The van der Waals surface area contributed by atoms with Gasteiger partial charge in [0, 0.05) is 25.0 Å². The molecule has 0 saturated carbocycles. The van der Waals surface area contributed by atoms with E-state index in [1.807, 2.05) is 4.90 Å². The summed E-state index contributed by atoms with van der Waals surface area (Å²) in [4.78, 5) is 21.8. The van der Waals surface area contributed by atoms with Crippen LogP contribution in [0.15, 0.2) is 18.5 Å². The molecule has 3 rings (SSSR count). The number of hydrogen-bond donors (Lipinski definition) is 2. The van der Waals surface area contributed by atoms with Crippen LogP contribution < -0.4 is 16.0 Å². The molecule has 7 nitrogen and oxygen atoms in total. The Bertz CT molecular complexity index is 787. The number of piperazine rings is 1. The molecular formula is C14H13ClN6O. The van der Waals surface area contributed by atoms with E-state index in [9.17, 15) is 4.79 Å². The minimum atomic E-state index is -0.429. The van der Waals surface area contributed by atoms with E-state index in [1.165, 1.54) is 6.33 Å². The van der Waals surface area contributed by atoms with Crippen molar-refractivity contribution in [2.45, 2.75) is 6.04 Å². The summed E-state index contributed by atoms with van der Waals surface area (Å²) >= 11 is 6.04. The van der Waals surface area contributed by atoms with Crippen LogP contribution in [0.3, 0.4) is 0 Å². The Hall–Kier alpha value is -2.43. The van der Waals surface area contributed by atoms with E-state index >= 15 is 0 Å². The van der Waals surface area contributed by atoms with E-state index < -0.39 is 11.9 Å². The summed E-state index contributed by atoms with van der Waals surface area (Å²) < 4.78 is 0. The van der Waals surface area contributed by atoms with Gasteiger partial charge in [-0.15, -0.1) is 0 Å². The second-order valence-corrected chi connectivity index (χ2v) is 5.42. The van der Waals surface area contributed by atoms with Gasteiger partial charge < -0.3 is 16.0 Å². The van der Waals surface area contributed by atoms with Gasteiger partial charge in [-0.2, -0.15) is 5.26 Å². The van der Waals surface area contributed by atoms with Gasteiger partial charge in [-0.3, -0.25) is 4.79 Å². The molecule has 2 aromatic rings. The number of halogens is 1. The summed E-state index contributed by atoms with van der Waals surface area (Å²) in [7, 11) is 0. The average molecular weight is 317 g/mol. The normalized spacial score (nSPS) is 18.2. The number of nitrogens with one attached hydrogen (secondary N) is 1. The third kappa shape index (κ3) is 2.54. The lowest BCUT2D eigenvalue weighted by molar-refractivity contribution is -0.120. The molecule has 112 valence electrons. The van der Waals surface area contributed by atoms with Crippen LogP contribution in [0, 0.1) is 11.3 Å². The van der Waals surface area contributed by atoms with Crippen molar-refractivity contribution in [2.75, 3.05) is 24.5 Å². The minimum absolute atomic E-state index is 0.356. The zero-order valence-electron chi connectivity index (χ0n) is 11.6. The monoisotopic (exact) mass is 316 g/mol. The van der Waals surface area contributed by atoms with E-state index in [4.69, 9.17) is 22.6 Å². The lowest BCUT2D eigenvalue weighted by atomic mass is 10.1. The highest BCUT2D eigenvalue weighted by Gasteiger charge is 2.25. The van der Waals surface area contributed by atoms with Crippen molar-refractivity contribution in [1.82, 2.24) is 15.3 Å². The molecule has 0 aliphatic carbocycles. The van der Waals surface area contributed by atoms with Crippen molar-refractivity contribution in [3.8, 4) is 6.07 Å². The number of nitrogens with zero attached hydrogens (tertiary/aromatic N) is 4. The van der Waals surface area contributed by atoms with Gasteiger partial charge in [0.25, 0.3) is 0 Å². The van der Waals surface area contributed by atoms with Crippen LogP contribution in [-0.2, 0) is 4.79 Å². The molecule has 0 radical (unpaired) electrons. The number of anilines is 1. The number of fused-ring (bicyclic) bond motifs is 1. The molecule has 1 aromatic heterocycles. The minimum Gasteiger partial charge on any atom is -0.368 e. The Labute approximate surface area is 131 Å². The lowest BCUT2D eigenvalue weighted by Crippen LogP contribution is -2.56. The quantitative estimate of drug-likeness (QED) is 0.831. The van der Waals surface area contributed by atoms with Gasteiger partial charge in [0.05, 0.1) is 16.1 Å². The molecule has 1 aliphatic rings. The Balaban J connectivity index is 2.07. The molecule has 2 heterocycles. The first-order valence-corrected chi connectivity index (χ1v) is 7.10. The molecule has 3 N–H and O–H groups in total. The van der Waals surface area contributed by atoms with E-state index in [2.05, 4.69) is 21.4 Å². The number of aromatic nitrogens is 2. The number of carbonyl (C=O) groups is 1. The molecule has 1 fully saturated rings. The van der Waals surface area contributed by atoms with Crippen molar-refractivity contribution in [3.05, 3.63) is 29.0 Å². The SMILES string of the molecule is N#Cc1cc2c(N3CCNC(C(N)=O)C3)ncnc2cc1Cl. The number of primary amides is 1. The number of amides is 1. The zero-order valence-corrected chi connectivity index (χ0v) is 12.3. The lowest BCUT2D eigenvalue weighted by Gasteiger charge is -2.33. The van der Waals surface area contributed by atoms with Gasteiger partial charge >= 0.3 is 0 Å². The standard InChI is InChI=1S/C14H13ClN6O/c15-10-4-11-9(3-8(10)5-16)14(20-7-19-11)21-2-1-18-12(6-21)13(17)22/h3-4,7,12,18H,1-2,6H2,(H2,17,22). The van der Waals surface area contributed by atoms with E-state index in [1.54, 1.807) is 12.1 Å². The molecule has 1 amide bonds. The smallest absolute Gasteiger partial charge is 0.236 e. The summed E-state index contributed by atoms with van der Waals surface area (Å²) in [5.74, 6) is 0.273. The highest BCUT2D eigenvalue weighted by Crippen LogP contribution is 2.28. The average Bonchev–Trinajstić information content (AvgIpc) is 2.53. The van der Waals surface area contributed by atoms with Gasteiger partial charge in [0.1, 0.15) is 24.3 Å². The molecule has 1 aromatic carbocycles. The summed E-state index contributed by atoms with van der Waals surface area (Å²) in [6.45, 7) is 1.73. The highest BCUT2D eigenvalue weighted by atomic mass is 35.5. The Kier molecular flexibility index (Phi) is 3.79. The predicted molar refractivity (Wildman–Crippen MR) is 82.5 cm³/mol. The fourth-order valence-corrected chi connectivity index (χ4v) is 2.73. The maximum atomic E-state index is 11.4. The van der Waals surface area contributed by atoms with Crippen LogP contribution in [0.5, 0.6) is 0 Å². The molecule has 8 heteroatoms. The maximum Gasteiger partial charge on any atom is 0.236 e. The van der Waals surface area contributed by atoms with Gasteiger partial charge in [-0.25, -0.2) is 9.97 Å². The molecular weight excluding hydrogens is 304 g/mol. The largest absolute Gasteiger partial charge is 0.368 e. The fourth-order valence-electron chi connectivity index (χ4n) is 2.53. The molecule has 22 heavy (non-hydrogen) atoms. The van der Waals surface area contributed by atoms with Crippen molar-refractivity contribution >= 4 is 34.2 Å². The molecule has 0 spiro atoms. The topological polar surface area (TPSA) is 108 Å². The Morgan fingerprint density at radius 1 is 1.50 bits per heavy atom. The number of nitriles is 1. The van der Waals surface area contributed by atoms with Crippen molar-refractivity contribution in [3.63, 3.8) is 0 Å². The number of hydrogen-bond acceptors (Lipinski definition) is 6. The predicted octanol–water partition coefficient (Wildman–Crippen LogP) is 0.418. The van der Waals surface area contributed by atoms with Crippen LogP contribution in [0.2, 0.25) is 5.02 Å². The number of nitrogens with two attached hydrogens (primary N) is 1. The first-order chi connectivity index (χ1) is 10.6. The summed E-state index contributed by atoms with van der Waals surface area (Å²) in [5.41, 5.74) is 6.39. The van der Waals surface area contributed by atoms with Gasteiger partial charge in [0.2, 0.25) is 5.91 Å². The first-order valence-electron chi connectivity index (χ1n) is 6.72. The summed E-state index contributed by atoms with van der Waals surface area (Å²) in [6.07, 6.45) is 1.45. The maximum absolute atomic E-state index is 11.4. The molecule has 1 atom stereocenters. The van der Waals surface area contributed by atoms with Gasteiger partial charge in [-0.05, 0) is 12.1 Å². The first kappa shape index (κ1) is 14.5. The molecule has 0 bridgehead atoms. The van der Waals surface area contributed by atoms with Crippen molar-refractivity contribution < 1.29 is 4.79 Å². The Morgan fingerprint density at radius 2 is 2.32 bits per heavy atom. The summed E-state index contributed by atoms with van der Waals surface area (Å²) in [6, 6.07) is 4.95. The van der Waals surface area contributed by atoms with Crippen LogP contribution in [-0.4, -0.2) is 41.6 Å². The number of benzene rings is 1. The van der Waals surface area contributed by atoms with E-state index in [0.717, 1.165) is 5.39 Å². The van der Waals surface area contributed by atoms with Crippen LogP contribution in [0.25, 0.3) is 10.9 Å². The van der Waals surface area contributed by atoms with Crippen molar-refractivity contribution in [1.29, 1.82) is 5.26 Å². The molecule has 1 aliphatic heterocycles. The molecule has 1 unspecified atom stereocenters. The number of rotatable bonds is 2. The second-order valence-electron chi connectivity index (χ2n) is 5.01. The van der Waals surface area contributed by atoms with Crippen LogP contribution in [0.1, 0.15) is 5.56 Å². The molecule has 1 saturated heterocycles.